The number of rotatable bonds is 7. The van der Waals surface area contributed by atoms with Gasteiger partial charge in [0, 0.05) is 39.5 Å². The van der Waals surface area contributed by atoms with E-state index in [1.54, 1.807) is 39.7 Å². The van der Waals surface area contributed by atoms with Crippen molar-refractivity contribution in [2.75, 3.05) is 26.2 Å². The fraction of sp³-hybridized carbons (Fsp3) is 0.385. The van der Waals surface area contributed by atoms with E-state index >= 15 is 0 Å². The van der Waals surface area contributed by atoms with Crippen LogP contribution in [0.1, 0.15) is 39.8 Å². The van der Waals surface area contributed by atoms with E-state index in [0.717, 1.165) is 35.3 Å². The van der Waals surface area contributed by atoms with Crippen LogP contribution in [0, 0.1) is 0 Å². The molecule has 2 amide bonds. The first-order valence-corrected chi connectivity index (χ1v) is 14.2. The zero-order chi connectivity index (χ0) is 24.4. The molecule has 2 unspecified atom stereocenters. The van der Waals surface area contributed by atoms with Crippen molar-refractivity contribution < 1.29 is 14.3 Å². The highest BCUT2D eigenvalue weighted by Gasteiger charge is 2.35. The van der Waals surface area contributed by atoms with E-state index in [0.29, 0.717) is 36.2 Å². The normalized spacial score (nSPS) is 19.5. The summed E-state index contributed by atoms with van der Waals surface area (Å²) in [5.74, 6) is -0.138. The number of carbonyl (C=O) groups is 2. The second-order valence-electron chi connectivity index (χ2n) is 8.87. The van der Waals surface area contributed by atoms with Gasteiger partial charge in [0.25, 0.3) is 0 Å². The van der Waals surface area contributed by atoms with Gasteiger partial charge < -0.3 is 14.5 Å². The molecule has 1 aromatic carbocycles. The quantitative estimate of drug-likeness (QED) is 0.372. The van der Waals surface area contributed by atoms with E-state index in [1.807, 2.05) is 28.5 Å². The summed E-state index contributed by atoms with van der Waals surface area (Å²) in [4.78, 5) is 32.9. The Morgan fingerprint density at radius 1 is 1.11 bits per heavy atom. The minimum Gasteiger partial charge on any atom is -0.376 e. The highest BCUT2D eigenvalue weighted by Crippen LogP contribution is 2.41. The number of carbonyl (C=O) groups excluding carboxylic acids is 2. The minimum atomic E-state index is -0.306. The summed E-state index contributed by atoms with van der Waals surface area (Å²) >= 11 is 16.0. The van der Waals surface area contributed by atoms with Gasteiger partial charge in [0.2, 0.25) is 11.8 Å². The number of hydrogen-bond donors (Lipinski definition) is 0. The zero-order valence-electron chi connectivity index (χ0n) is 19.1. The second-order valence-corrected chi connectivity index (χ2v) is 11.7. The number of fused-ring (bicyclic) bond motifs is 1. The molecule has 184 valence electrons. The molecule has 0 radical (unpaired) electrons. The Kier molecular flexibility index (Phi) is 7.80. The van der Waals surface area contributed by atoms with Crippen molar-refractivity contribution in [1.29, 1.82) is 0 Å². The molecule has 2 aliphatic heterocycles. The fourth-order valence-corrected chi connectivity index (χ4v) is 6.97. The summed E-state index contributed by atoms with van der Waals surface area (Å²) in [5, 5.41) is 5.11. The van der Waals surface area contributed by atoms with Gasteiger partial charge in [-0.3, -0.25) is 9.59 Å². The summed E-state index contributed by atoms with van der Waals surface area (Å²) in [6.07, 6.45) is 2.94. The first-order valence-electron chi connectivity index (χ1n) is 11.7. The molecular formula is C26H26Cl2N2O3S2. The molecule has 5 rings (SSSR count). The smallest absolute Gasteiger partial charge is 0.242 e. The predicted octanol–water partition coefficient (Wildman–Crippen LogP) is 5.84. The Morgan fingerprint density at radius 3 is 2.74 bits per heavy atom. The Morgan fingerprint density at radius 2 is 2.00 bits per heavy atom. The van der Waals surface area contributed by atoms with Crippen LogP contribution in [0.25, 0.3) is 0 Å². The van der Waals surface area contributed by atoms with E-state index in [-0.39, 0.29) is 30.5 Å². The maximum atomic E-state index is 13.8. The topological polar surface area (TPSA) is 49.9 Å². The first-order chi connectivity index (χ1) is 17.0. The predicted molar refractivity (Wildman–Crippen MR) is 142 cm³/mol. The third-order valence-electron chi connectivity index (χ3n) is 6.58. The maximum Gasteiger partial charge on any atom is 0.242 e. The molecule has 0 spiro atoms. The number of thiophene rings is 2. The minimum absolute atomic E-state index is 0.0191. The van der Waals surface area contributed by atoms with Gasteiger partial charge in [-0.2, -0.15) is 0 Å². The van der Waals surface area contributed by atoms with E-state index in [1.165, 1.54) is 4.88 Å². The van der Waals surface area contributed by atoms with Crippen LogP contribution in [0.5, 0.6) is 0 Å². The van der Waals surface area contributed by atoms with Crippen molar-refractivity contribution in [3.05, 3.63) is 78.1 Å². The molecule has 4 heterocycles. The lowest BCUT2D eigenvalue weighted by atomic mass is 9.93. The van der Waals surface area contributed by atoms with Gasteiger partial charge in [0.05, 0.1) is 25.1 Å². The Hall–Kier alpha value is -1.90. The maximum absolute atomic E-state index is 13.8. The molecular weight excluding hydrogens is 523 g/mol. The number of nitrogens with zero attached hydrogens (tertiary/aromatic N) is 2. The molecule has 2 aliphatic rings. The van der Waals surface area contributed by atoms with Crippen LogP contribution >= 0.6 is 45.9 Å². The molecule has 9 heteroatoms. The third-order valence-corrected chi connectivity index (χ3v) is 9.01. The van der Waals surface area contributed by atoms with Gasteiger partial charge in [-0.15, -0.1) is 22.7 Å². The number of benzene rings is 1. The lowest BCUT2D eigenvalue weighted by Crippen LogP contribution is -2.48. The molecule has 0 bridgehead atoms. The van der Waals surface area contributed by atoms with Gasteiger partial charge >= 0.3 is 0 Å². The molecule has 0 saturated carbocycles. The molecule has 3 aromatic rings. The van der Waals surface area contributed by atoms with Gasteiger partial charge in [0.15, 0.2) is 0 Å². The number of hydrogen-bond acceptors (Lipinski definition) is 5. The highest BCUT2D eigenvalue weighted by atomic mass is 35.5. The molecule has 0 N–H and O–H groups in total. The summed E-state index contributed by atoms with van der Waals surface area (Å²) in [6, 6.07) is 11.1. The molecule has 1 saturated heterocycles. The van der Waals surface area contributed by atoms with Crippen molar-refractivity contribution in [2.45, 2.75) is 37.8 Å². The standard InChI is InChI=1S/C26H26Cl2N2O3S2/c27-17-5-6-20(22(28)13-17)26-21-8-12-35-23(21)7-9-30(26)25(32)16-29(15-18-3-1-10-33-18)24(31)14-19-4-2-11-34-19/h2,4-6,8,11-13,18,26H,1,3,7,9-10,14-16H2. The van der Waals surface area contributed by atoms with E-state index in [4.69, 9.17) is 27.9 Å². The summed E-state index contributed by atoms with van der Waals surface area (Å²) in [6.45, 7) is 1.73. The number of amides is 2. The van der Waals surface area contributed by atoms with E-state index in [2.05, 4.69) is 11.4 Å². The van der Waals surface area contributed by atoms with Crippen molar-refractivity contribution in [2.24, 2.45) is 0 Å². The van der Waals surface area contributed by atoms with Crippen molar-refractivity contribution in [3.8, 4) is 0 Å². The summed E-state index contributed by atoms with van der Waals surface area (Å²) in [7, 11) is 0. The Labute approximate surface area is 223 Å². The second kappa shape index (κ2) is 11.0. The third kappa shape index (κ3) is 5.59. The van der Waals surface area contributed by atoms with Crippen molar-refractivity contribution >= 4 is 57.7 Å². The van der Waals surface area contributed by atoms with Crippen LogP contribution in [-0.4, -0.2) is 54.0 Å². The Bertz CT molecular complexity index is 1190. The van der Waals surface area contributed by atoms with Gasteiger partial charge in [-0.25, -0.2) is 0 Å². The van der Waals surface area contributed by atoms with Crippen LogP contribution in [-0.2, 0) is 27.2 Å². The van der Waals surface area contributed by atoms with Crippen molar-refractivity contribution in [3.63, 3.8) is 0 Å². The Balaban J connectivity index is 1.41. The van der Waals surface area contributed by atoms with Crippen LogP contribution in [0.2, 0.25) is 10.0 Å². The molecule has 0 aliphatic carbocycles. The van der Waals surface area contributed by atoms with E-state index in [9.17, 15) is 9.59 Å². The average Bonchev–Trinajstić information content (AvgIpc) is 3.61. The summed E-state index contributed by atoms with van der Waals surface area (Å²) < 4.78 is 5.80. The lowest BCUT2D eigenvalue weighted by molar-refractivity contribution is -0.142. The lowest BCUT2D eigenvalue weighted by Gasteiger charge is -2.38. The van der Waals surface area contributed by atoms with Gasteiger partial charge in [-0.1, -0.05) is 35.3 Å². The molecule has 2 aromatic heterocycles. The molecule has 2 atom stereocenters. The fourth-order valence-electron chi connectivity index (χ4n) is 4.86. The van der Waals surface area contributed by atoms with Crippen LogP contribution < -0.4 is 0 Å². The van der Waals surface area contributed by atoms with Crippen LogP contribution in [0.4, 0.5) is 0 Å². The van der Waals surface area contributed by atoms with Gasteiger partial charge in [-0.05, 0) is 65.4 Å². The SMILES string of the molecule is O=C(Cc1cccs1)N(CC(=O)N1CCc2sccc2C1c1ccc(Cl)cc1Cl)CC1CCCO1. The highest BCUT2D eigenvalue weighted by molar-refractivity contribution is 7.10. The van der Waals surface area contributed by atoms with E-state index < -0.39 is 0 Å². The molecule has 1 fully saturated rings. The monoisotopic (exact) mass is 548 g/mol. The molecule has 35 heavy (non-hydrogen) atoms. The molecule has 5 nitrogen and oxygen atoms in total. The van der Waals surface area contributed by atoms with Crippen LogP contribution in [0.15, 0.2) is 47.2 Å². The van der Waals surface area contributed by atoms with Crippen LogP contribution in [0.3, 0.4) is 0 Å². The van der Waals surface area contributed by atoms with Gasteiger partial charge in [0.1, 0.15) is 0 Å². The average molecular weight is 550 g/mol. The largest absolute Gasteiger partial charge is 0.376 e. The van der Waals surface area contributed by atoms with Crippen molar-refractivity contribution in [1.82, 2.24) is 9.80 Å². The number of halogens is 2. The summed E-state index contributed by atoms with van der Waals surface area (Å²) in [5.41, 5.74) is 1.94. The first kappa shape index (κ1) is 24.8. The zero-order valence-corrected chi connectivity index (χ0v) is 22.3. The number of ether oxygens (including phenoxy) is 1.